The Balaban J connectivity index is 0.00000162. The second-order valence-corrected chi connectivity index (χ2v) is 4.15. The molecule has 1 unspecified atom stereocenters. The van der Waals surface area contributed by atoms with Crippen molar-refractivity contribution in [1.82, 2.24) is 10.3 Å². The van der Waals surface area contributed by atoms with Gasteiger partial charge in [-0.15, -0.1) is 12.4 Å². The number of anilines is 1. The number of amides is 1. The van der Waals surface area contributed by atoms with E-state index >= 15 is 0 Å². The number of carbonyl (C=O) groups excluding carboxylic acids is 1. The van der Waals surface area contributed by atoms with E-state index in [1.165, 1.54) is 0 Å². The molecular formula is C12H18ClN3O2. The van der Waals surface area contributed by atoms with Gasteiger partial charge in [-0.2, -0.15) is 0 Å². The van der Waals surface area contributed by atoms with Crippen molar-refractivity contribution >= 4 is 24.1 Å². The molecule has 0 saturated carbocycles. The monoisotopic (exact) mass is 271 g/mol. The first-order valence-electron chi connectivity index (χ1n) is 5.88. The van der Waals surface area contributed by atoms with Gasteiger partial charge in [-0.25, -0.2) is 4.98 Å². The van der Waals surface area contributed by atoms with Crippen LogP contribution in [0.2, 0.25) is 0 Å². The Labute approximate surface area is 113 Å². The van der Waals surface area contributed by atoms with Crippen molar-refractivity contribution in [2.45, 2.75) is 25.4 Å². The van der Waals surface area contributed by atoms with Crippen molar-refractivity contribution in [2.24, 2.45) is 0 Å². The van der Waals surface area contributed by atoms with Crippen LogP contribution in [-0.4, -0.2) is 30.1 Å². The number of aromatic nitrogens is 1. The number of nitrogen functional groups attached to an aromatic ring is 1. The van der Waals surface area contributed by atoms with Gasteiger partial charge in [-0.1, -0.05) is 6.07 Å². The van der Waals surface area contributed by atoms with Crippen LogP contribution in [-0.2, 0) is 4.74 Å². The van der Waals surface area contributed by atoms with Gasteiger partial charge < -0.3 is 15.8 Å². The first-order valence-corrected chi connectivity index (χ1v) is 5.88. The van der Waals surface area contributed by atoms with E-state index < -0.39 is 0 Å². The standard InChI is InChI=1S/C12H17N3O2.ClH/c13-11-6-3-5-10(15-11)12(16)14-8-9-4-1-2-7-17-9;/h3,5-6,9H,1-2,4,7-8H2,(H2,13,15)(H,14,16);1H. The molecule has 1 aromatic rings. The predicted molar refractivity (Wildman–Crippen MR) is 71.8 cm³/mol. The highest BCUT2D eigenvalue weighted by Gasteiger charge is 2.15. The lowest BCUT2D eigenvalue weighted by atomic mass is 10.1. The summed E-state index contributed by atoms with van der Waals surface area (Å²) in [5.74, 6) is 0.151. The maximum atomic E-state index is 11.8. The number of pyridine rings is 1. The molecule has 100 valence electrons. The fraction of sp³-hybridized carbons (Fsp3) is 0.500. The first-order chi connectivity index (χ1) is 8.25. The Bertz CT molecular complexity index is 395. The third-order valence-electron chi connectivity index (χ3n) is 2.77. The average Bonchev–Trinajstić information content (AvgIpc) is 2.37. The van der Waals surface area contributed by atoms with E-state index in [1.54, 1.807) is 18.2 Å². The molecule has 5 nitrogen and oxygen atoms in total. The van der Waals surface area contributed by atoms with Gasteiger partial charge in [0.2, 0.25) is 0 Å². The smallest absolute Gasteiger partial charge is 0.270 e. The molecule has 1 amide bonds. The number of carbonyl (C=O) groups is 1. The molecule has 18 heavy (non-hydrogen) atoms. The van der Waals surface area contributed by atoms with E-state index in [9.17, 15) is 4.79 Å². The van der Waals surface area contributed by atoms with Crippen LogP contribution in [0.1, 0.15) is 29.8 Å². The maximum Gasteiger partial charge on any atom is 0.270 e. The summed E-state index contributed by atoms with van der Waals surface area (Å²) in [6, 6.07) is 5.02. The van der Waals surface area contributed by atoms with Crippen LogP contribution in [0.3, 0.4) is 0 Å². The van der Waals surface area contributed by atoms with Crippen molar-refractivity contribution in [2.75, 3.05) is 18.9 Å². The van der Waals surface area contributed by atoms with E-state index in [1.807, 2.05) is 0 Å². The number of nitrogens with one attached hydrogen (secondary N) is 1. The van der Waals surface area contributed by atoms with Crippen LogP contribution >= 0.6 is 12.4 Å². The Hall–Kier alpha value is -1.33. The molecule has 0 aromatic carbocycles. The van der Waals surface area contributed by atoms with Crippen LogP contribution in [0.5, 0.6) is 0 Å². The molecule has 6 heteroatoms. The lowest BCUT2D eigenvalue weighted by molar-refractivity contribution is 0.0168. The van der Waals surface area contributed by atoms with E-state index in [0.717, 1.165) is 25.9 Å². The van der Waals surface area contributed by atoms with Gasteiger partial charge in [-0.05, 0) is 31.4 Å². The van der Waals surface area contributed by atoms with Crippen molar-refractivity contribution in [1.29, 1.82) is 0 Å². The minimum Gasteiger partial charge on any atom is -0.384 e. The molecule has 0 bridgehead atoms. The molecule has 1 saturated heterocycles. The zero-order chi connectivity index (χ0) is 12.1. The summed E-state index contributed by atoms with van der Waals surface area (Å²) in [4.78, 5) is 15.7. The predicted octanol–water partition coefficient (Wildman–Crippen LogP) is 1.38. The molecule has 0 aliphatic carbocycles. The SMILES string of the molecule is Cl.Nc1cccc(C(=O)NCC2CCCCO2)n1. The van der Waals surface area contributed by atoms with Crippen LogP contribution < -0.4 is 11.1 Å². The van der Waals surface area contributed by atoms with Crippen molar-refractivity contribution in [3.63, 3.8) is 0 Å². The second-order valence-electron chi connectivity index (χ2n) is 4.15. The summed E-state index contributed by atoms with van der Waals surface area (Å²) in [7, 11) is 0. The van der Waals surface area contributed by atoms with Gasteiger partial charge in [0.15, 0.2) is 0 Å². The zero-order valence-electron chi connectivity index (χ0n) is 10.1. The Morgan fingerprint density at radius 1 is 1.50 bits per heavy atom. The van der Waals surface area contributed by atoms with Crippen LogP contribution in [0, 0.1) is 0 Å². The van der Waals surface area contributed by atoms with Crippen LogP contribution in [0.25, 0.3) is 0 Å². The molecule has 0 radical (unpaired) electrons. The lowest BCUT2D eigenvalue weighted by Crippen LogP contribution is -2.35. The third-order valence-corrected chi connectivity index (χ3v) is 2.77. The molecule has 3 N–H and O–H groups in total. The van der Waals surface area contributed by atoms with E-state index in [2.05, 4.69) is 10.3 Å². The number of hydrogen-bond acceptors (Lipinski definition) is 4. The third kappa shape index (κ3) is 4.16. The molecule has 1 aliphatic heterocycles. The Morgan fingerprint density at radius 3 is 3.00 bits per heavy atom. The molecule has 0 spiro atoms. The number of rotatable bonds is 3. The first kappa shape index (κ1) is 14.7. The number of hydrogen-bond donors (Lipinski definition) is 2. The molecule has 2 rings (SSSR count). The van der Waals surface area contributed by atoms with Crippen LogP contribution in [0.4, 0.5) is 5.82 Å². The number of ether oxygens (including phenoxy) is 1. The molecule has 1 aliphatic rings. The molecular weight excluding hydrogens is 254 g/mol. The van der Waals surface area contributed by atoms with Gasteiger partial charge >= 0.3 is 0 Å². The fourth-order valence-corrected chi connectivity index (χ4v) is 1.84. The highest BCUT2D eigenvalue weighted by Crippen LogP contribution is 2.11. The highest BCUT2D eigenvalue weighted by atomic mass is 35.5. The summed E-state index contributed by atoms with van der Waals surface area (Å²) >= 11 is 0. The van der Waals surface area contributed by atoms with Gasteiger partial charge in [0.25, 0.3) is 5.91 Å². The van der Waals surface area contributed by atoms with E-state index in [0.29, 0.717) is 18.1 Å². The summed E-state index contributed by atoms with van der Waals surface area (Å²) < 4.78 is 5.53. The molecule has 1 aromatic heterocycles. The van der Waals surface area contributed by atoms with E-state index in [4.69, 9.17) is 10.5 Å². The highest BCUT2D eigenvalue weighted by molar-refractivity contribution is 5.92. The minimum atomic E-state index is -0.202. The van der Waals surface area contributed by atoms with Gasteiger partial charge in [-0.3, -0.25) is 4.79 Å². The largest absolute Gasteiger partial charge is 0.384 e. The summed E-state index contributed by atoms with van der Waals surface area (Å²) in [6.45, 7) is 1.33. The number of halogens is 1. The van der Waals surface area contributed by atoms with Crippen molar-refractivity contribution in [3.05, 3.63) is 23.9 Å². The zero-order valence-corrected chi connectivity index (χ0v) is 10.9. The topological polar surface area (TPSA) is 77.2 Å². The van der Waals surface area contributed by atoms with Gasteiger partial charge in [0.1, 0.15) is 11.5 Å². The Kier molecular flexibility index (Phi) is 5.88. The maximum absolute atomic E-state index is 11.8. The normalized spacial score (nSPS) is 18.8. The summed E-state index contributed by atoms with van der Waals surface area (Å²) in [6.07, 6.45) is 3.41. The quantitative estimate of drug-likeness (QED) is 0.871. The minimum absolute atomic E-state index is 0. The fourth-order valence-electron chi connectivity index (χ4n) is 1.84. The summed E-state index contributed by atoms with van der Waals surface area (Å²) in [5, 5.41) is 2.81. The average molecular weight is 272 g/mol. The second kappa shape index (κ2) is 7.18. The van der Waals surface area contributed by atoms with Gasteiger partial charge in [0, 0.05) is 13.2 Å². The lowest BCUT2D eigenvalue weighted by Gasteiger charge is -2.22. The molecule has 1 fully saturated rings. The Morgan fingerprint density at radius 2 is 2.33 bits per heavy atom. The van der Waals surface area contributed by atoms with Crippen LogP contribution in [0.15, 0.2) is 18.2 Å². The molecule has 2 heterocycles. The molecule has 1 atom stereocenters. The number of nitrogens with two attached hydrogens (primary N) is 1. The van der Waals surface area contributed by atoms with Gasteiger partial charge in [0.05, 0.1) is 6.10 Å². The number of nitrogens with zero attached hydrogens (tertiary/aromatic N) is 1. The van der Waals surface area contributed by atoms with Crippen molar-refractivity contribution in [3.8, 4) is 0 Å². The van der Waals surface area contributed by atoms with Crippen molar-refractivity contribution < 1.29 is 9.53 Å². The summed E-state index contributed by atoms with van der Waals surface area (Å²) in [5.41, 5.74) is 5.87. The van der Waals surface area contributed by atoms with E-state index in [-0.39, 0.29) is 24.4 Å².